The van der Waals surface area contributed by atoms with E-state index >= 15 is 0 Å². The number of aromatic nitrogens is 4. The van der Waals surface area contributed by atoms with Crippen LogP contribution in [0, 0.1) is 0 Å². The molecule has 4 aromatic heterocycles. The molecule has 0 saturated carbocycles. The molecule has 7 aromatic rings. The molecule has 0 aliphatic rings. The molecule has 1 N–H and O–H groups in total. The van der Waals surface area contributed by atoms with Crippen molar-refractivity contribution in [1.29, 1.82) is 0 Å². The summed E-state index contributed by atoms with van der Waals surface area (Å²) >= 11 is 0. The SMILES string of the molecule is Oc1c(-c2ccc3ccc4cccnc4c3n2)cccc1-c1ccc2ccc3cccnc3c2n1. The van der Waals surface area contributed by atoms with E-state index in [1.54, 1.807) is 12.4 Å². The molecule has 0 radical (unpaired) electrons. The fourth-order valence-corrected chi connectivity index (χ4v) is 4.70. The molecule has 0 fully saturated rings. The number of nitrogens with zero attached hydrogens (tertiary/aromatic N) is 4. The largest absolute Gasteiger partial charge is 0.507 e. The summed E-state index contributed by atoms with van der Waals surface area (Å²) in [4.78, 5) is 18.9. The second kappa shape index (κ2) is 7.57. The van der Waals surface area contributed by atoms with Crippen LogP contribution in [0.5, 0.6) is 5.75 Å². The van der Waals surface area contributed by atoms with Crippen molar-refractivity contribution in [2.24, 2.45) is 0 Å². The van der Waals surface area contributed by atoms with Gasteiger partial charge in [-0.3, -0.25) is 9.97 Å². The molecular weight excluding hydrogens is 432 g/mol. The molecule has 0 aliphatic carbocycles. The fourth-order valence-electron chi connectivity index (χ4n) is 4.70. The van der Waals surface area contributed by atoms with E-state index in [4.69, 9.17) is 9.97 Å². The second-order valence-electron chi connectivity index (χ2n) is 8.52. The van der Waals surface area contributed by atoms with Crippen LogP contribution in [-0.4, -0.2) is 25.0 Å². The first kappa shape index (κ1) is 19.6. The van der Waals surface area contributed by atoms with Crippen molar-refractivity contribution in [2.45, 2.75) is 0 Å². The summed E-state index contributed by atoms with van der Waals surface area (Å²) in [5.41, 5.74) is 5.98. The summed E-state index contributed by atoms with van der Waals surface area (Å²) in [6.45, 7) is 0. The van der Waals surface area contributed by atoms with Gasteiger partial charge in [0.2, 0.25) is 0 Å². The van der Waals surface area contributed by atoms with Gasteiger partial charge in [-0.1, -0.05) is 54.6 Å². The van der Waals surface area contributed by atoms with Gasteiger partial charge in [0.1, 0.15) is 5.75 Å². The lowest BCUT2D eigenvalue weighted by Gasteiger charge is -2.11. The molecule has 0 spiro atoms. The highest BCUT2D eigenvalue weighted by atomic mass is 16.3. The van der Waals surface area contributed by atoms with Crippen molar-refractivity contribution in [1.82, 2.24) is 19.9 Å². The van der Waals surface area contributed by atoms with E-state index < -0.39 is 0 Å². The smallest absolute Gasteiger partial charge is 0.134 e. The van der Waals surface area contributed by atoms with Crippen molar-refractivity contribution in [3.8, 4) is 28.3 Å². The van der Waals surface area contributed by atoms with Crippen LogP contribution in [0.4, 0.5) is 0 Å². The van der Waals surface area contributed by atoms with E-state index in [0.29, 0.717) is 22.5 Å². The van der Waals surface area contributed by atoms with Crippen LogP contribution in [0.1, 0.15) is 0 Å². The summed E-state index contributed by atoms with van der Waals surface area (Å²) in [5, 5.41) is 15.4. The minimum Gasteiger partial charge on any atom is -0.507 e. The number of hydrogen-bond donors (Lipinski definition) is 1. The van der Waals surface area contributed by atoms with Crippen molar-refractivity contribution in [2.75, 3.05) is 0 Å². The molecular formula is C30H18N4O. The number of hydrogen-bond acceptors (Lipinski definition) is 5. The van der Waals surface area contributed by atoms with E-state index in [9.17, 15) is 5.11 Å². The van der Waals surface area contributed by atoms with Gasteiger partial charge >= 0.3 is 0 Å². The Morgan fingerprint density at radius 1 is 0.429 bits per heavy atom. The van der Waals surface area contributed by atoms with Gasteiger partial charge in [-0.05, 0) is 36.4 Å². The zero-order chi connectivity index (χ0) is 23.4. The van der Waals surface area contributed by atoms with Crippen LogP contribution >= 0.6 is 0 Å². The number of para-hydroxylation sites is 1. The van der Waals surface area contributed by atoms with Gasteiger partial charge in [0.15, 0.2) is 0 Å². The number of rotatable bonds is 2. The van der Waals surface area contributed by atoms with Gasteiger partial charge in [0, 0.05) is 45.1 Å². The Morgan fingerprint density at radius 3 is 1.34 bits per heavy atom. The Morgan fingerprint density at radius 2 is 0.857 bits per heavy atom. The first-order valence-electron chi connectivity index (χ1n) is 11.4. The van der Waals surface area contributed by atoms with Crippen LogP contribution in [-0.2, 0) is 0 Å². The van der Waals surface area contributed by atoms with Crippen LogP contribution in [0.25, 0.3) is 66.1 Å². The quantitative estimate of drug-likeness (QED) is 0.290. The average molecular weight is 451 g/mol. The Hall–Kier alpha value is -4.90. The number of phenols is 1. The first-order valence-corrected chi connectivity index (χ1v) is 11.4. The molecule has 3 aromatic carbocycles. The summed E-state index contributed by atoms with van der Waals surface area (Å²) in [7, 11) is 0. The first-order chi connectivity index (χ1) is 17.3. The third-order valence-electron chi connectivity index (χ3n) is 6.45. The molecule has 164 valence electrons. The molecule has 0 aliphatic heterocycles. The Bertz CT molecular complexity index is 1790. The molecule has 0 atom stereocenters. The highest BCUT2D eigenvalue weighted by Gasteiger charge is 2.15. The van der Waals surface area contributed by atoms with E-state index in [1.165, 1.54) is 0 Å². The van der Waals surface area contributed by atoms with Gasteiger partial charge in [0.05, 0.1) is 33.5 Å². The number of pyridine rings is 4. The monoisotopic (exact) mass is 450 g/mol. The number of benzene rings is 3. The number of aromatic hydroxyl groups is 1. The maximum atomic E-state index is 11.4. The predicted octanol–water partition coefficient (Wildman–Crippen LogP) is 6.92. The lowest BCUT2D eigenvalue weighted by Crippen LogP contribution is -1.92. The normalized spacial score (nSPS) is 11.5. The molecule has 5 nitrogen and oxygen atoms in total. The van der Waals surface area contributed by atoms with E-state index in [0.717, 1.165) is 43.6 Å². The van der Waals surface area contributed by atoms with Gasteiger partial charge in [0.25, 0.3) is 0 Å². The highest BCUT2D eigenvalue weighted by molar-refractivity contribution is 6.04. The molecule has 0 amide bonds. The molecule has 0 unspecified atom stereocenters. The molecule has 5 heteroatoms. The number of phenolic OH excluding ortho intramolecular Hbond substituents is 1. The lowest BCUT2D eigenvalue weighted by atomic mass is 10.0. The van der Waals surface area contributed by atoms with Gasteiger partial charge < -0.3 is 5.11 Å². The van der Waals surface area contributed by atoms with Crippen LogP contribution in [0.2, 0.25) is 0 Å². The third kappa shape index (κ3) is 3.09. The standard InChI is InChI=1S/C30H18N4O/c35-30-22(24-14-12-20-10-8-18-4-2-16-31-26(18)28(20)33-24)6-1-7-23(30)25-15-13-21-11-9-19-5-3-17-32-27(19)29(21)34-25/h1-17,35H. The van der Waals surface area contributed by atoms with Crippen molar-refractivity contribution in [3.63, 3.8) is 0 Å². The lowest BCUT2D eigenvalue weighted by molar-refractivity contribution is 0.479. The molecule has 0 saturated heterocycles. The molecule has 0 bridgehead atoms. The van der Waals surface area contributed by atoms with E-state index in [1.807, 2.05) is 91.0 Å². The Labute approximate surface area is 200 Å². The summed E-state index contributed by atoms with van der Waals surface area (Å²) in [6.07, 6.45) is 3.55. The molecule has 7 rings (SSSR count). The molecule has 4 heterocycles. The van der Waals surface area contributed by atoms with Crippen molar-refractivity contribution < 1.29 is 5.11 Å². The zero-order valence-electron chi connectivity index (χ0n) is 18.6. The second-order valence-corrected chi connectivity index (χ2v) is 8.52. The van der Waals surface area contributed by atoms with E-state index in [-0.39, 0.29) is 5.75 Å². The third-order valence-corrected chi connectivity index (χ3v) is 6.45. The van der Waals surface area contributed by atoms with Crippen molar-refractivity contribution in [3.05, 3.63) is 103 Å². The highest BCUT2D eigenvalue weighted by Crippen LogP contribution is 2.38. The summed E-state index contributed by atoms with van der Waals surface area (Å²) < 4.78 is 0. The summed E-state index contributed by atoms with van der Waals surface area (Å²) in [5.74, 6) is 0.146. The van der Waals surface area contributed by atoms with Crippen LogP contribution < -0.4 is 0 Å². The minimum absolute atomic E-state index is 0.146. The summed E-state index contributed by atoms with van der Waals surface area (Å²) in [6, 6.07) is 29.7. The van der Waals surface area contributed by atoms with Gasteiger partial charge in [-0.15, -0.1) is 0 Å². The number of fused-ring (bicyclic) bond motifs is 6. The molecule has 35 heavy (non-hydrogen) atoms. The maximum absolute atomic E-state index is 11.4. The fraction of sp³-hybridized carbons (Fsp3) is 0. The van der Waals surface area contributed by atoms with Gasteiger partial charge in [-0.2, -0.15) is 0 Å². The Kier molecular flexibility index (Phi) is 4.23. The topological polar surface area (TPSA) is 71.8 Å². The van der Waals surface area contributed by atoms with Gasteiger partial charge in [-0.25, -0.2) is 9.97 Å². The van der Waals surface area contributed by atoms with Crippen molar-refractivity contribution >= 4 is 43.6 Å². The average Bonchev–Trinajstić information content (AvgIpc) is 2.92. The van der Waals surface area contributed by atoms with Crippen LogP contribution in [0.15, 0.2) is 103 Å². The maximum Gasteiger partial charge on any atom is 0.134 e. The predicted molar refractivity (Wildman–Crippen MR) is 140 cm³/mol. The van der Waals surface area contributed by atoms with E-state index in [2.05, 4.69) is 9.97 Å². The Balaban J connectivity index is 1.42. The zero-order valence-corrected chi connectivity index (χ0v) is 18.6. The minimum atomic E-state index is 0.146. The van der Waals surface area contributed by atoms with Crippen LogP contribution in [0.3, 0.4) is 0 Å².